The summed E-state index contributed by atoms with van der Waals surface area (Å²) in [5.41, 5.74) is 2.27. The van der Waals surface area contributed by atoms with E-state index in [-0.39, 0.29) is 10.2 Å². The third-order valence-corrected chi connectivity index (χ3v) is 5.78. The number of nitrogens with zero attached hydrogens (tertiary/aromatic N) is 3. The SMILES string of the molecule is CSCCC(C(=O)O)N1C(=O)C(=Cc2ccc3nccnc3c2)SC1=S. The number of hydrogen-bond donors (Lipinski definition) is 1. The fourth-order valence-corrected chi connectivity index (χ4v) is 4.38. The number of benzene rings is 1. The highest BCUT2D eigenvalue weighted by atomic mass is 32.2. The average Bonchev–Trinajstić information content (AvgIpc) is 2.89. The van der Waals surface area contributed by atoms with Crippen molar-refractivity contribution in [1.29, 1.82) is 0 Å². The molecule has 0 radical (unpaired) electrons. The van der Waals surface area contributed by atoms with E-state index in [0.717, 1.165) is 28.4 Å². The van der Waals surface area contributed by atoms with Gasteiger partial charge in [-0.05, 0) is 42.2 Å². The van der Waals surface area contributed by atoms with Gasteiger partial charge in [-0.3, -0.25) is 19.7 Å². The molecule has 0 aliphatic carbocycles. The predicted molar refractivity (Wildman–Crippen MR) is 109 cm³/mol. The van der Waals surface area contributed by atoms with E-state index in [0.29, 0.717) is 17.1 Å². The number of fused-ring (bicyclic) bond motifs is 1. The van der Waals surface area contributed by atoms with Gasteiger partial charge in [-0.2, -0.15) is 11.8 Å². The Morgan fingerprint density at radius 1 is 1.38 bits per heavy atom. The van der Waals surface area contributed by atoms with E-state index >= 15 is 0 Å². The molecule has 134 valence electrons. The van der Waals surface area contributed by atoms with Crippen molar-refractivity contribution in [3.05, 3.63) is 41.1 Å². The van der Waals surface area contributed by atoms with Gasteiger partial charge < -0.3 is 5.11 Å². The minimum Gasteiger partial charge on any atom is -0.480 e. The van der Waals surface area contributed by atoms with Crippen LogP contribution in [0.15, 0.2) is 35.5 Å². The van der Waals surface area contributed by atoms with Crippen LogP contribution in [0.3, 0.4) is 0 Å². The van der Waals surface area contributed by atoms with Gasteiger partial charge in [0, 0.05) is 12.4 Å². The molecule has 1 unspecified atom stereocenters. The van der Waals surface area contributed by atoms with Crippen LogP contribution in [0.2, 0.25) is 0 Å². The number of aliphatic carboxylic acids is 1. The van der Waals surface area contributed by atoms with Crippen LogP contribution < -0.4 is 0 Å². The summed E-state index contributed by atoms with van der Waals surface area (Å²) in [6.45, 7) is 0. The van der Waals surface area contributed by atoms with Crippen LogP contribution in [0.5, 0.6) is 0 Å². The number of aromatic nitrogens is 2. The van der Waals surface area contributed by atoms with Crippen molar-refractivity contribution in [2.24, 2.45) is 0 Å². The molecule has 1 aromatic carbocycles. The number of amides is 1. The van der Waals surface area contributed by atoms with Crippen molar-refractivity contribution in [3.8, 4) is 0 Å². The minimum absolute atomic E-state index is 0.273. The van der Waals surface area contributed by atoms with Gasteiger partial charge in [-0.15, -0.1) is 0 Å². The first kappa shape index (κ1) is 18.8. The Hall–Kier alpha value is -1.97. The summed E-state index contributed by atoms with van der Waals surface area (Å²) in [6.07, 6.45) is 7.18. The lowest BCUT2D eigenvalue weighted by Crippen LogP contribution is -2.44. The normalized spacial score (nSPS) is 17.3. The molecule has 1 fully saturated rings. The van der Waals surface area contributed by atoms with Crippen LogP contribution >= 0.6 is 35.7 Å². The van der Waals surface area contributed by atoms with Gasteiger partial charge in [0.1, 0.15) is 10.4 Å². The quantitative estimate of drug-likeness (QED) is 0.580. The van der Waals surface area contributed by atoms with Gasteiger partial charge in [0.25, 0.3) is 5.91 Å². The molecule has 1 amide bonds. The molecule has 0 bridgehead atoms. The van der Waals surface area contributed by atoms with Crippen LogP contribution in [-0.4, -0.2) is 54.2 Å². The molecular formula is C17H15N3O3S3. The topological polar surface area (TPSA) is 83.4 Å². The van der Waals surface area contributed by atoms with Crippen molar-refractivity contribution in [2.45, 2.75) is 12.5 Å². The summed E-state index contributed by atoms with van der Waals surface area (Å²) in [5.74, 6) is -0.776. The fourth-order valence-electron chi connectivity index (χ4n) is 2.56. The fraction of sp³-hybridized carbons (Fsp3) is 0.235. The first-order valence-electron chi connectivity index (χ1n) is 7.71. The lowest BCUT2D eigenvalue weighted by Gasteiger charge is -2.22. The standard InChI is InChI=1S/C17H15N3O3S3/c1-25-7-4-13(16(22)23)20-15(21)14(26-17(20)24)9-10-2-3-11-12(8-10)19-6-5-18-11/h2-3,5-6,8-9,13H,4,7H2,1H3,(H,22,23). The van der Waals surface area contributed by atoms with Gasteiger partial charge in [0.15, 0.2) is 0 Å². The first-order chi connectivity index (χ1) is 12.5. The van der Waals surface area contributed by atoms with Gasteiger partial charge in [-0.1, -0.05) is 30.0 Å². The first-order valence-corrected chi connectivity index (χ1v) is 10.3. The third-order valence-electron chi connectivity index (χ3n) is 3.81. The van der Waals surface area contributed by atoms with Crippen LogP contribution in [0.25, 0.3) is 17.1 Å². The minimum atomic E-state index is -1.04. The molecule has 9 heteroatoms. The van der Waals surface area contributed by atoms with Crippen LogP contribution in [0.1, 0.15) is 12.0 Å². The average molecular weight is 406 g/mol. The second kappa shape index (κ2) is 8.15. The summed E-state index contributed by atoms with van der Waals surface area (Å²) in [7, 11) is 0. The Morgan fingerprint density at radius 2 is 2.12 bits per heavy atom. The summed E-state index contributed by atoms with van der Waals surface area (Å²) in [4.78, 5) is 34.4. The maximum atomic E-state index is 12.7. The number of carboxylic acids is 1. The second-order valence-corrected chi connectivity index (χ2v) is 8.15. The summed E-state index contributed by atoms with van der Waals surface area (Å²) < 4.78 is 0.273. The van der Waals surface area contributed by atoms with Crippen LogP contribution in [0.4, 0.5) is 0 Å². The Labute approximate surface area is 164 Å². The molecular weight excluding hydrogens is 390 g/mol. The molecule has 2 aromatic rings. The molecule has 1 saturated heterocycles. The smallest absolute Gasteiger partial charge is 0.326 e. The number of carbonyl (C=O) groups is 2. The lowest BCUT2D eigenvalue weighted by molar-refractivity contribution is -0.145. The summed E-state index contributed by atoms with van der Waals surface area (Å²) >= 11 is 7.93. The zero-order valence-corrected chi connectivity index (χ0v) is 16.2. The number of thiocarbonyl (C=S) groups is 1. The van der Waals surface area contributed by atoms with Crippen molar-refractivity contribution < 1.29 is 14.7 Å². The number of carbonyl (C=O) groups excluding carboxylic acids is 1. The van der Waals surface area contributed by atoms with Crippen molar-refractivity contribution in [1.82, 2.24) is 14.9 Å². The Kier molecular flexibility index (Phi) is 5.90. The molecule has 3 rings (SSSR count). The summed E-state index contributed by atoms with van der Waals surface area (Å²) in [5, 5.41) is 9.48. The van der Waals surface area contributed by atoms with Crippen molar-refractivity contribution >= 4 is 69.0 Å². The molecule has 26 heavy (non-hydrogen) atoms. The lowest BCUT2D eigenvalue weighted by atomic mass is 10.1. The predicted octanol–water partition coefficient (Wildman–Crippen LogP) is 3.04. The van der Waals surface area contributed by atoms with Gasteiger partial charge in [0.05, 0.1) is 15.9 Å². The Morgan fingerprint density at radius 3 is 2.81 bits per heavy atom. The van der Waals surface area contributed by atoms with Crippen LogP contribution in [-0.2, 0) is 9.59 Å². The van der Waals surface area contributed by atoms with Crippen molar-refractivity contribution in [3.63, 3.8) is 0 Å². The van der Waals surface area contributed by atoms with Gasteiger partial charge in [-0.25, -0.2) is 4.79 Å². The number of carboxylic acid groups (broad SMARTS) is 1. The maximum absolute atomic E-state index is 12.7. The highest BCUT2D eigenvalue weighted by Crippen LogP contribution is 2.35. The largest absolute Gasteiger partial charge is 0.480 e. The van der Waals surface area contributed by atoms with E-state index in [4.69, 9.17) is 12.2 Å². The Balaban J connectivity index is 1.89. The van der Waals surface area contributed by atoms with E-state index < -0.39 is 12.0 Å². The van der Waals surface area contributed by atoms with Gasteiger partial charge in [0.2, 0.25) is 0 Å². The zero-order valence-electron chi connectivity index (χ0n) is 13.8. The maximum Gasteiger partial charge on any atom is 0.326 e. The number of thioether (sulfide) groups is 2. The molecule has 6 nitrogen and oxygen atoms in total. The molecule has 1 aliphatic rings. The monoisotopic (exact) mass is 405 g/mol. The molecule has 1 N–H and O–H groups in total. The molecule has 1 atom stereocenters. The van der Waals surface area contributed by atoms with E-state index in [9.17, 15) is 14.7 Å². The molecule has 1 aliphatic heterocycles. The third kappa shape index (κ3) is 3.89. The molecule has 0 saturated carbocycles. The van der Waals surface area contributed by atoms with E-state index in [2.05, 4.69) is 9.97 Å². The number of rotatable bonds is 6. The molecule has 0 spiro atoms. The molecule has 1 aromatic heterocycles. The highest BCUT2D eigenvalue weighted by molar-refractivity contribution is 8.26. The van der Waals surface area contributed by atoms with Crippen molar-refractivity contribution in [2.75, 3.05) is 12.0 Å². The van der Waals surface area contributed by atoms with E-state index in [1.165, 1.54) is 16.7 Å². The number of hydrogen-bond acceptors (Lipinski definition) is 7. The highest BCUT2D eigenvalue weighted by Gasteiger charge is 2.40. The van der Waals surface area contributed by atoms with E-state index in [1.54, 1.807) is 18.5 Å². The molecule has 2 heterocycles. The summed E-state index contributed by atoms with van der Waals surface area (Å²) in [6, 6.07) is 4.56. The second-order valence-electron chi connectivity index (χ2n) is 5.49. The van der Waals surface area contributed by atoms with Crippen LogP contribution in [0, 0.1) is 0 Å². The zero-order chi connectivity index (χ0) is 18.7. The van der Waals surface area contributed by atoms with E-state index in [1.807, 2.05) is 24.5 Å². The Bertz CT molecular complexity index is 916. The van der Waals surface area contributed by atoms with Gasteiger partial charge >= 0.3 is 5.97 Å².